The molecule has 0 aliphatic rings. The molecule has 0 spiro atoms. The van der Waals surface area contributed by atoms with E-state index in [0.717, 1.165) is 22.3 Å². The minimum atomic E-state index is -3.43. The van der Waals surface area contributed by atoms with Gasteiger partial charge in [-0.15, -0.1) is 0 Å². The molecule has 0 aliphatic carbocycles. The first-order valence-corrected chi connectivity index (χ1v) is 10.6. The summed E-state index contributed by atoms with van der Waals surface area (Å²) in [6.07, 6.45) is 1.80. The lowest BCUT2D eigenvalue weighted by Crippen LogP contribution is -2.06. The van der Waals surface area contributed by atoms with Gasteiger partial charge in [0.15, 0.2) is 5.78 Å². The molecular formula is C21H28NO3P. The molecule has 1 unspecified atom stereocenters. The van der Waals surface area contributed by atoms with E-state index >= 15 is 0 Å². The first kappa shape index (κ1) is 20.6. The minimum absolute atomic E-state index is 0.304. The van der Waals surface area contributed by atoms with Crippen LogP contribution in [0.5, 0.6) is 0 Å². The van der Waals surface area contributed by atoms with Crippen molar-refractivity contribution in [3.63, 3.8) is 0 Å². The highest BCUT2D eigenvalue weighted by Gasteiger charge is 2.36. The van der Waals surface area contributed by atoms with Crippen molar-refractivity contribution in [2.45, 2.75) is 40.4 Å². The quantitative estimate of drug-likeness (QED) is 0.421. The van der Waals surface area contributed by atoms with Gasteiger partial charge in [-0.05, 0) is 56.9 Å². The monoisotopic (exact) mass is 373 g/mol. The average Bonchev–Trinajstić information content (AvgIpc) is 2.58. The van der Waals surface area contributed by atoms with Crippen molar-refractivity contribution < 1.29 is 13.6 Å². The van der Waals surface area contributed by atoms with Gasteiger partial charge in [0.05, 0.1) is 13.2 Å². The average molecular weight is 373 g/mol. The summed E-state index contributed by atoms with van der Waals surface area (Å²) in [5, 5.41) is 0. The number of aliphatic imine (C=N–C) groups is 1. The summed E-state index contributed by atoms with van der Waals surface area (Å²) in [4.78, 5) is 4.69. The zero-order chi connectivity index (χ0) is 19.2. The van der Waals surface area contributed by atoms with Gasteiger partial charge < -0.3 is 9.05 Å². The molecule has 2 aromatic rings. The predicted molar refractivity (Wildman–Crippen MR) is 108 cm³/mol. The molecule has 0 amide bonds. The van der Waals surface area contributed by atoms with Crippen LogP contribution in [0.1, 0.15) is 47.4 Å². The van der Waals surface area contributed by atoms with Crippen molar-refractivity contribution in [2.75, 3.05) is 13.2 Å². The fraction of sp³-hybridized carbons (Fsp3) is 0.381. The third kappa shape index (κ3) is 4.91. The van der Waals surface area contributed by atoms with Crippen LogP contribution in [-0.4, -0.2) is 19.4 Å². The Morgan fingerprint density at radius 1 is 1.00 bits per heavy atom. The summed E-state index contributed by atoms with van der Waals surface area (Å²) in [6, 6.07) is 13.8. The Bertz CT molecular complexity index is 769. The van der Waals surface area contributed by atoms with Gasteiger partial charge in [-0.2, -0.15) is 0 Å². The number of hydrogen-bond acceptors (Lipinski definition) is 4. The molecule has 2 rings (SSSR count). The highest BCUT2D eigenvalue weighted by atomic mass is 31.2. The second kappa shape index (κ2) is 9.27. The number of benzene rings is 2. The van der Waals surface area contributed by atoms with Crippen LogP contribution >= 0.6 is 7.60 Å². The van der Waals surface area contributed by atoms with Gasteiger partial charge in [0.1, 0.15) is 0 Å². The van der Waals surface area contributed by atoms with E-state index in [0.29, 0.717) is 13.2 Å². The smallest absolute Gasteiger partial charge is 0.307 e. The van der Waals surface area contributed by atoms with Crippen LogP contribution < -0.4 is 0 Å². The van der Waals surface area contributed by atoms with Crippen LogP contribution in [0.3, 0.4) is 0 Å². The van der Waals surface area contributed by atoms with Gasteiger partial charge in [0, 0.05) is 6.21 Å². The summed E-state index contributed by atoms with van der Waals surface area (Å²) in [5.74, 6) is -0.691. The Morgan fingerprint density at radius 2 is 1.54 bits per heavy atom. The third-order valence-electron chi connectivity index (χ3n) is 4.10. The van der Waals surface area contributed by atoms with E-state index in [-0.39, 0.29) is 0 Å². The van der Waals surface area contributed by atoms with Crippen LogP contribution in [0, 0.1) is 20.8 Å². The van der Waals surface area contributed by atoms with Crippen molar-refractivity contribution in [3.8, 4) is 0 Å². The van der Waals surface area contributed by atoms with Crippen molar-refractivity contribution in [1.29, 1.82) is 0 Å². The molecule has 5 heteroatoms. The van der Waals surface area contributed by atoms with Crippen LogP contribution in [0.15, 0.2) is 47.5 Å². The Labute approximate surface area is 156 Å². The maximum atomic E-state index is 13.4. The van der Waals surface area contributed by atoms with Crippen LogP contribution in [0.25, 0.3) is 0 Å². The van der Waals surface area contributed by atoms with Crippen molar-refractivity contribution in [3.05, 3.63) is 70.3 Å². The lowest BCUT2D eigenvalue weighted by molar-refractivity contribution is 0.212. The lowest BCUT2D eigenvalue weighted by atomic mass is 10.0. The second-order valence-electron chi connectivity index (χ2n) is 6.25. The Morgan fingerprint density at radius 3 is 2.04 bits per heavy atom. The molecule has 140 valence electrons. The number of hydrogen-bond donors (Lipinski definition) is 0. The van der Waals surface area contributed by atoms with E-state index in [9.17, 15) is 4.57 Å². The van der Waals surface area contributed by atoms with Crippen LogP contribution in [-0.2, 0) is 13.6 Å². The van der Waals surface area contributed by atoms with Gasteiger partial charge in [0.25, 0.3) is 0 Å². The Kier molecular flexibility index (Phi) is 7.33. The number of nitrogens with zero attached hydrogens (tertiary/aromatic N) is 1. The van der Waals surface area contributed by atoms with Gasteiger partial charge >= 0.3 is 7.60 Å². The molecule has 4 nitrogen and oxygen atoms in total. The molecule has 0 aromatic heterocycles. The lowest BCUT2D eigenvalue weighted by Gasteiger charge is -2.24. The highest BCUT2D eigenvalue weighted by Crippen LogP contribution is 2.61. The molecule has 0 saturated heterocycles. The summed E-state index contributed by atoms with van der Waals surface area (Å²) < 4.78 is 24.5. The maximum absolute atomic E-state index is 13.4. The van der Waals surface area contributed by atoms with Gasteiger partial charge in [0.2, 0.25) is 0 Å². The number of rotatable bonds is 8. The molecule has 0 fully saturated rings. The summed E-state index contributed by atoms with van der Waals surface area (Å²) in [6.45, 7) is 10.4. The van der Waals surface area contributed by atoms with Crippen LogP contribution in [0.2, 0.25) is 0 Å². The molecule has 26 heavy (non-hydrogen) atoms. The van der Waals surface area contributed by atoms with E-state index in [1.54, 1.807) is 6.21 Å². The van der Waals surface area contributed by atoms with Crippen molar-refractivity contribution in [1.82, 2.24) is 0 Å². The van der Waals surface area contributed by atoms with Gasteiger partial charge in [-0.1, -0.05) is 48.0 Å². The molecule has 0 heterocycles. The standard InChI is InChI=1S/C21H28NO3P/c1-6-24-26(23,25-7-2)21(19-11-9-8-10-12-19)22-15-20-17(4)13-16(3)14-18(20)5/h8-15,21H,6-7H2,1-5H3. The summed E-state index contributed by atoms with van der Waals surface area (Å²) in [5.41, 5.74) is 5.35. The van der Waals surface area contributed by atoms with Gasteiger partial charge in [-0.3, -0.25) is 9.56 Å². The van der Waals surface area contributed by atoms with Crippen LogP contribution in [0.4, 0.5) is 0 Å². The SMILES string of the molecule is CCOP(=O)(OCC)C(N=Cc1c(C)cc(C)cc1C)c1ccccc1. The fourth-order valence-corrected chi connectivity index (χ4v) is 4.90. The number of aryl methyl sites for hydroxylation is 3. The highest BCUT2D eigenvalue weighted by molar-refractivity contribution is 7.54. The predicted octanol–water partition coefficient (Wildman–Crippen LogP) is 6.00. The molecule has 0 radical (unpaired) electrons. The first-order valence-electron chi connectivity index (χ1n) is 8.96. The molecule has 2 aromatic carbocycles. The van der Waals surface area contributed by atoms with Crippen molar-refractivity contribution in [2.24, 2.45) is 4.99 Å². The summed E-state index contributed by atoms with van der Waals surface area (Å²) >= 11 is 0. The first-order chi connectivity index (χ1) is 12.4. The van der Waals surface area contributed by atoms with Gasteiger partial charge in [-0.25, -0.2) is 0 Å². The molecule has 1 atom stereocenters. The topological polar surface area (TPSA) is 47.9 Å². The minimum Gasteiger partial charge on any atom is -0.307 e. The second-order valence-corrected chi connectivity index (χ2v) is 8.34. The van der Waals surface area contributed by atoms with Crippen molar-refractivity contribution >= 4 is 13.8 Å². The zero-order valence-corrected chi connectivity index (χ0v) is 17.1. The van der Waals surface area contributed by atoms with E-state index in [1.165, 1.54) is 5.56 Å². The molecule has 0 bridgehead atoms. The Hall–Kier alpha value is -1.74. The summed E-state index contributed by atoms with van der Waals surface area (Å²) in [7, 11) is -3.43. The zero-order valence-electron chi connectivity index (χ0n) is 16.2. The molecule has 0 saturated carbocycles. The molecular weight excluding hydrogens is 345 g/mol. The third-order valence-corrected chi connectivity index (χ3v) is 6.36. The van der Waals surface area contributed by atoms with E-state index in [1.807, 2.05) is 44.2 Å². The normalized spacial score (nSPS) is 13.3. The molecule has 0 aliphatic heterocycles. The van der Waals surface area contributed by atoms with E-state index < -0.39 is 13.4 Å². The largest absolute Gasteiger partial charge is 0.359 e. The fourth-order valence-electron chi connectivity index (χ4n) is 3.05. The Balaban J connectivity index is 2.50. The maximum Gasteiger partial charge on any atom is 0.359 e. The van der Waals surface area contributed by atoms with E-state index in [4.69, 9.17) is 9.05 Å². The van der Waals surface area contributed by atoms with E-state index in [2.05, 4.69) is 37.9 Å². The molecule has 0 N–H and O–H groups in total.